The van der Waals surface area contributed by atoms with Crippen molar-refractivity contribution in [3.05, 3.63) is 19.1 Å². The van der Waals surface area contributed by atoms with Crippen molar-refractivity contribution in [2.75, 3.05) is 19.6 Å². The molecule has 1 fully saturated rings. The van der Waals surface area contributed by atoms with Gasteiger partial charge in [0, 0.05) is 25.7 Å². The van der Waals surface area contributed by atoms with Crippen molar-refractivity contribution in [3.8, 4) is 0 Å². The number of unbranched alkanes of at least 4 members (excludes halogenated alkanes) is 1. The lowest BCUT2D eigenvalue weighted by Crippen LogP contribution is -2.47. The fourth-order valence-corrected chi connectivity index (χ4v) is 1.38. The molecule has 0 bridgehead atoms. The van der Waals surface area contributed by atoms with Crippen LogP contribution in [-0.4, -0.2) is 25.7 Å². The Labute approximate surface area is 75.4 Å². The molecule has 2 N–H and O–H groups in total. The first kappa shape index (κ1) is 9.75. The summed E-state index contributed by atoms with van der Waals surface area (Å²) in [6.07, 6.45) is 7.75. The van der Waals surface area contributed by atoms with Crippen LogP contribution in [0.5, 0.6) is 0 Å². The maximum Gasteiger partial charge on any atom is 0.0227 e. The highest BCUT2D eigenvalue weighted by Crippen LogP contribution is 1.97. The van der Waals surface area contributed by atoms with Crippen molar-refractivity contribution in [2.24, 2.45) is 0 Å². The summed E-state index contributed by atoms with van der Waals surface area (Å²) in [4.78, 5) is 0. The van der Waals surface area contributed by atoms with Crippen molar-refractivity contribution in [3.63, 3.8) is 0 Å². The highest BCUT2D eigenvalue weighted by molar-refractivity contribution is 4.88. The Morgan fingerprint density at radius 2 is 2.25 bits per heavy atom. The second-order valence-electron chi connectivity index (χ2n) is 3.20. The molecule has 69 valence electrons. The molecular weight excluding hydrogens is 148 g/mol. The van der Waals surface area contributed by atoms with E-state index in [1.165, 1.54) is 0 Å². The van der Waals surface area contributed by atoms with Gasteiger partial charge in [0.2, 0.25) is 0 Å². The van der Waals surface area contributed by atoms with Gasteiger partial charge in [-0.2, -0.15) is 0 Å². The van der Waals surface area contributed by atoms with Crippen molar-refractivity contribution in [1.82, 2.24) is 10.6 Å². The molecule has 0 aromatic heterocycles. The summed E-state index contributed by atoms with van der Waals surface area (Å²) in [5, 5.41) is 6.83. The molecule has 1 radical (unpaired) electrons. The zero-order valence-corrected chi connectivity index (χ0v) is 7.68. The highest BCUT2D eigenvalue weighted by Gasteiger charge is 2.08. The fraction of sp³-hybridized carbons (Fsp3) is 0.700. The lowest BCUT2D eigenvalue weighted by molar-refractivity contribution is 0.421. The minimum absolute atomic E-state index is 0.639. The Morgan fingerprint density at radius 3 is 2.92 bits per heavy atom. The van der Waals surface area contributed by atoms with E-state index < -0.39 is 0 Å². The summed E-state index contributed by atoms with van der Waals surface area (Å²) < 4.78 is 0. The van der Waals surface area contributed by atoms with Crippen LogP contribution in [0.15, 0.2) is 12.2 Å². The first-order chi connectivity index (χ1) is 5.93. The molecule has 1 rings (SSSR count). The van der Waals surface area contributed by atoms with Crippen LogP contribution >= 0.6 is 0 Å². The molecule has 1 aliphatic rings. The van der Waals surface area contributed by atoms with Crippen LogP contribution in [-0.2, 0) is 0 Å². The van der Waals surface area contributed by atoms with Gasteiger partial charge in [0.15, 0.2) is 0 Å². The summed E-state index contributed by atoms with van der Waals surface area (Å²) >= 11 is 0. The summed E-state index contributed by atoms with van der Waals surface area (Å²) in [6, 6.07) is 0.639. The van der Waals surface area contributed by atoms with Crippen LogP contribution < -0.4 is 10.6 Å². The van der Waals surface area contributed by atoms with Crippen LogP contribution in [0.1, 0.15) is 19.3 Å². The van der Waals surface area contributed by atoms with E-state index in [4.69, 9.17) is 0 Å². The summed E-state index contributed by atoms with van der Waals surface area (Å²) in [5.41, 5.74) is 0. The predicted octanol–water partition coefficient (Wildman–Crippen LogP) is 1.11. The number of hydrogen-bond donors (Lipinski definition) is 2. The Balaban J connectivity index is 2.04. The lowest BCUT2D eigenvalue weighted by atomic mass is 10.1. The van der Waals surface area contributed by atoms with E-state index in [1.54, 1.807) is 0 Å². The fourth-order valence-electron chi connectivity index (χ4n) is 1.38. The third-order valence-electron chi connectivity index (χ3n) is 2.08. The van der Waals surface area contributed by atoms with Crippen LogP contribution in [0.3, 0.4) is 0 Å². The van der Waals surface area contributed by atoms with Crippen LogP contribution in [0.2, 0.25) is 0 Å². The minimum Gasteiger partial charge on any atom is -0.314 e. The average molecular weight is 167 g/mol. The predicted molar refractivity (Wildman–Crippen MR) is 53.0 cm³/mol. The van der Waals surface area contributed by atoms with Gasteiger partial charge in [-0.15, -0.1) is 0 Å². The first-order valence-electron chi connectivity index (χ1n) is 4.82. The van der Waals surface area contributed by atoms with Crippen molar-refractivity contribution < 1.29 is 0 Å². The van der Waals surface area contributed by atoms with E-state index >= 15 is 0 Å². The smallest absolute Gasteiger partial charge is 0.0227 e. The normalized spacial score (nSPS) is 24.9. The third kappa shape index (κ3) is 3.88. The Bertz CT molecular complexity index is 126. The maximum atomic E-state index is 3.79. The van der Waals surface area contributed by atoms with Gasteiger partial charge < -0.3 is 10.6 Å². The first-order valence-corrected chi connectivity index (χ1v) is 4.82. The SMILES string of the molecule is [CH2]CCC=CCC1CNCCN1. The van der Waals surface area contributed by atoms with Gasteiger partial charge in [0.25, 0.3) is 0 Å². The molecule has 2 heteroatoms. The van der Waals surface area contributed by atoms with Gasteiger partial charge in [-0.1, -0.05) is 19.1 Å². The monoisotopic (exact) mass is 167 g/mol. The van der Waals surface area contributed by atoms with E-state index in [-0.39, 0.29) is 0 Å². The number of hydrogen-bond acceptors (Lipinski definition) is 2. The molecule has 0 amide bonds. The van der Waals surface area contributed by atoms with E-state index in [1.807, 2.05) is 0 Å². The quantitative estimate of drug-likeness (QED) is 0.613. The molecule has 2 nitrogen and oxygen atoms in total. The topological polar surface area (TPSA) is 24.1 Å². The maximum absolute atomic E-state index is 3.79. The molecule has 12 heavy (non-hydrogen) atoms. The van der Waals surface area contributed by atoms with Gasteiger partial charge >= 0.3 is 0 Å². The summed E-state index contributed by atoms with van der Waals surface area (Å²) in [7, 11) is 0. The highest BCUT2D eigenvalue weighted by atomic mass is 15.0. The van der Waals surface area contributed by atoms with Crippen LogP contribution in [0.4, 0.5) is 0 Å². The van der Waals surface area contributed by atoms with Crippen molar-refractivity contribution in [2.45, 2.75) is 25.3 Å². The van der Waals surface area contributed by atoms with Crippen molar-refractivity contribution in [1.29, 1.82) is 0 Å². The molecular formula is C10H19N2. The van der Waals surface area contributed by atoms with Crippen molar-refractivity contribution >= 4 is 0 Å². The zero-order valence-electron chi connectivity index (χ0n) is 7.68. The van der Waals surface area contributed by atoms with Gasteiger partial charge in [-0.3, -0.25) is 0 Å². The Kier molecular flexibility index (Phi) is 5.04. The average Bonchev–Trinajstić information content (AvgIpc) is 2.14. The molecule has 1 saturated heterocycles. The molecule has 0 spiro atoms. The molecule has 1 atom stereocenters. The molecule has 0 aliphatic carbocycles. The molecule has 1 heterocycles. The van der Waals surface area contributed by atoms with Crippen LogP contribution in [0.25, 0.3) is 0 Å². The second-order valence-corrected chi connectivity index (χ2v) is 3.20. The minimum atomic E-state index is 0.639. The molecule has 0 aromatic rings. The zero-order chi connectivity index (χ0) is 8.65. The Hall–Kier alpha value is -0.340. The van der Waals surface area contributed by atoms with Gasteiger partial charge in [-0.25, -0.2) is 0 Å². The number of rotatable bonds is 4. The van der Waals surface area contributed by atoms with Gasteiger partial charge in [-0.05, 0) is 19.3 Å². The molecule has 0 aromatic carbocycles. The molecule has 1 unspecified atom stereocenters. The third-order valence-corrected chi connectivity index (χ3v) is 2.08. The standard InChI is InChI=1S/C10H19N2/c1-2-3-4-5-6-10-9-11-7-8-12-10/h4-5,10-12H,1-3,6-9H2. The summed E-state index contributed by atoms with van der Waals surface area (Å²) in [5.74, 6) is 0. The second kappa shape index (κ2) is 6.21. The van der Waals surface area contributed by atoms with E-state index in [0.29, 0.717) is 6.04 Å². The number of piperazine rings is 1. The van der Waals surface area contributed by atoms with Gasteiger partial charge in [0.1, 0.15) is 0 Å². The molecule has 1 aliphatic heterocycles. The number of allylic oxidation sites excluding steroid dienone is 1. The van der Waals surface area contributed by atoms with E-state index in [2.05, 4.69) is 29.7 Å². The molecule has 0 saturated carbocycles. The van der Waals surface area contributed by atoms with Gasteiger partial charge in [0.05, 0.1) is 0 Å². The Morgan fingerprint density at radius 1 is 1.33 bits per heavy atom. The largest absolute Gasteiger partial charge is 0.314 e. The van der Waals surface area contributed by atoms with Crippen LogP contribution in [0, 0.1) is 6.92 Å². The lowest BCUT2D eigenvalue weighted by Gasteiger charge is -2.23. The van der Waals surface area contributed by atoms with E-state index in [0.717, 1.165) is 38.9 Å². The number of nitrogens with one attached hydrogen (secondary N) is 2. The summed E-state index contributed by atoms with van der Waals surface area (Å²) in [6.45, 7) is 7.11. The van der Waals surface area contributed by atoms with E-state index in [9.17, 15) is 0 Å².